The number of likely N-dealkylation sites (N-methyl/N-ethyl adjacent to an activating group) is 1. The van der Waals surface area contributed by atoms with E-state index in [4.69, 9.17) is 15.1 Å². The van der Waals surface area contributed by atoms with Crippen LogP contribution >= 0.6 is 11.8 Å². The van der Waals surface area contributed by atoms with Gasteiger partial charge in [-0.1, -0.05) is 68.0 Å². The third-order valence-electron chi connectivity index (χ3n) is 7.33. The van der Waals surface area contributed by atoms with Crippen molar-refractivity contribution in [3.63, 3.8) is 0 Å². The number of nitrogens with zero attached hydrogens (tertiary/aromatic N) is 4. The summed E-state index contributed by atoms with van der Waals surface area (Å²) < 4.78 is 186. The van der Waals surface area contributed by atoms with Crippen molar-refractivity contribution in [2.24, 2.45) is 0 Å². The highest BCUT2D eigenvalue weighted by Gasteiger charge is 2.30. The van der Waals surface area contributed by atoms with Crippen LogP contribution in [0.4, 0.5) is 17.6 Å². The highest BCUT2D eigenvalue weighted by atomic mass is 32.2. The van der Waals surface area contributed by atoms with Crippen LogP contribution in [0.15, 0.2) is 76.5 Å². The molecule has 1 heterocycles. The van der Waals surface area contributed by atoms with Crippen LogP contribution in [-0.4, -0.2) is 51.3 Å². The molecule has 254 valence electrons. The minimum absolute atomic E-state index is 0.0127. The molecule has 0 radical (unpaired) electrons. The summed E-state index contributed by atoms with van der Waals surface area (Å²) in [5.41, 5.74) is -5.40. The Kier molecular flexibility index (Phi) is 6.63. The van der Waals surface area contributed by atoms with Crippen molar-refractivity contribution in [1.29, 1.82) is 0 Å². The highest BCUT2D eigenvalue weighted by Crippen LogP contribution is 2.32. The van der Waals surface area contributed by atoms with Gasteiger partial charge in [-0.05, 0) is 91.2 Å². The molecule has 5 rings (SSSR count). The molecule has 0 N–H and O–H groups in total. The molecule has 0 atom stereocenters. The molecule has 1 amide bonds. The molecule has 0 unspecified atom stereocenters. The quantitative estimate of drug-likeness (QED) is 0.0823. The standard InChI is InChI=1S/C37H40F4N4O2S/c1-4-43(5-2)19-20-44(22-29-12-11-28(21-25(29)3)27-13-15-30(16-14-27)37(39,40)41)34(46)23-45-33-8-6-7-32(33)35(47)42-36(45)48-24-26-9-17-31(38)18-10-26/h9-18,21H,4-8,19-20,22-24H2,1-3H3/i4D2,5D2,11D,12D,13D,14D,15D,16D,21D,22D2,23D2. The van der Waals surface area contributed by atoms with Crippen molar-refractivity contribution in [1.82, 2.24) is 19.4 Å². The van der Waals surface area contributed by atoms with E-state index in [0.29, 0.717) is 16.9 Å². The average Bonchev–Trinajstić information content (AvgIpc) is 3.64. The summed E-state index contributed by atoms with van der Waals surface area (Å²) in [5, 5.41) is -0.333. The fourth-order valence-electron chi connectivity index (χ4n) is 4.82. The van der Waals surface area contributed by atoms with Gasteiger partial charge in [0.1, 0.15) is 12.3 Å². The average molecular weight is 696 g/mol. The lowest BCUT2D eigenvalue weighted by Crippen LogP contribution is -2.40. The monoisotopic (exact) mass is 695 g/mol. The molecule has 0 saturated heterocycles. The zero-order valence-electron chi connectivity index (χ0n) is 41.1. The molecule has 1 aliphatic rings. The topological polar surface area (TPSA) is 58.4 Å². The lowest BCUT2D eigenvalue weighted by atomic mass is 9.98. The molecule has 3 aromatic carbocycles. The summed E-state index contributed by atoms with van der Waals surface area (Å²) in [5.74, 6) is -2.28. The van der Waals surface area contributed by atoms with Crippen molar-refractivity contribution >= 4 is 17.7 Å². The molecule has 0 aliphatic heterocycles. The van der Waals surface area contributed by atoms with E-state index in [2.05, 4.69) is 4.98 Å². The van der Waals surface area contributed by atoms with Gasteiger partial charge in [-0.15, -0.1) is 0 Å². The number of carbonyl (C=O) groups excluding carboxylic acids is 1. The van der Waals surface area contributed by atoms with Gasteiger partial charge in [0.15, 0.2) is 5.16 Å². The Morgan fingerprint density at radius 2 is 1.71 bits per heavy atom. The van der Waals surface area contributed by atoms with Crippen molar-refractivity contribution in [2.75, 3.05) is 26.1 Å². The molecule has 1 aromatic heterocycles. The van der Waals surface area contributed by atoms with Crippen LogP contribution in [0.5, 0.6) is 0 Å². The SMILES string of the molecule is [2H]c1c([2H])c(C(F)(F)F)c([2H])c([2H])c1-c1c([2H])c([2H])c(C([2H])([2H])N(CCN(C([2H])([2H])C)C([2H])([2H])C)C(=O)C([2H])([2H])n2c(SCc3ccc(F)cc3)nc(=O)c3c2CCC3)c(C)c1[2H]. The number of benzene rings is 3. The van der Waals surface area contributed by atoms with Crippen molar-refractivity contribution < 1.29 is 42.9 Å². The minimum atomic E-state index is -5.35. The molecule has 6 nitrogen and oxygen atoms in total. The van der Waals surface area contributed by atoms with Crippen LogP contribution in [0.3, 0.4) is 0 Å². The molecular formula is C37H40F4N4O2S. The zero-order valence-corrected chi connectivity index (χ0v) is 26.9. The molecule has 0 fully saturated rings. The number of amides is 1. The molecule has 1 aliphatic carbocycles. The van der Waals surface area contributed by atoms with Gasteiger partial charge in [0.2, 0.25) is 5.91 Å². The number of hydrogen-bond donors (Lipinski definition) is 0. The fraction of sp³-hybridized carbons (Fsp3) is 0.378. The van der Waals surface area contributed by atoms with E-state index in [0.717, 1.165) is 37.1 Å². The molecule has 0 spiro atoms. The first-order valence-corrected chi connectivity index (χ1v) is 15.7. The Balaban J connectivity index is 1.75. The second kappa shape index (κ2) is 15.5. The van der Waals surface area contributed by atoms with E-state index in [1.807, 2.05) is 0 Å². The zero-order chi connectivity index (χ0) is 47.7. The number of alkyl halides is 3. The van der Waals surface area contributed by atoms with Crippen molar-refractivity contribution in [2.45, 2.75) is 70.1 Å². The van der Waals surface area contributed by atoms with Gasteiger partial charge in [0, 0.05) is 42.1 Å². The number of aromatic nitrogens is 2. The third kappa shape index (κ3) is 8.54. The maximum atomic E-state index is 15.0. The Labute approximate surface area is 303 Å². The number of halogens is 4. The Morgan fingerprint density at radius 1 is 1.02 bits per heavy atom. The summed E-state index contributed by atoms with van der Waals surface area (Å²) in [6.45, 7) is -10.7. The van der Waals surface area contributed by atoms with Gasteiger partial charge in [0.25, 0.3) is 5.56 Å². The molecular weight excluding hydrogens is 640 g/mol. The van der Waals surface area contributed by atoms with Crippen LogP contribution in [0.1, 0.15) is 74.3 Å². The number of rotatable bonds is 13. The normalized spacial score (nSPS) is 18.5. The number of fused-ring (bicyclic) bond motifs is 1. The lowest BCUT2D eigenvalue weighted by molar-refractivity contribution is -0.137. The lowest BCUT2D eigenvalue weighted by Gasteiger charge is -2.28. The van der Waals surface area contributed by atoms with Crippen LogP contribution in [0.2, 0.25) is 0 Å². The van der Waals surface area contributed by atoms with Gasteiger partial charge < -0.3 is 14.4 Å². The van der Waals surface area contributed by atoms with E-state index >= 15 is 0 Å². The van der Waals surface area contributed by atoms with Gasteiger partial charge in [0.05, 0.1) is 20.6 Å². The Bertz CT molecular complexity index is 2460. The first kappa shape index (κ1) is 20.5. The second-order valence-electron chi connectivity index (χ2n) is 10.5. The molecule has 48 heavy (non-hydrogen) atoms. The second-order valence-corrected chi connectivity index (χ2v) is 11.4. The van der Waals surface area contributed by atoms with Crippen LogP contribution in [-0.2, 0) is 42.6 Å². The molecule has 4 aromatic rings. The number of thioether (sulfide) groups is 1. The predicted molar refractivity (Wildman–Crippen MR) is 181 cm³/mol. The fourth-order valence-corrected chi connectivity index (χ4v) is 5.74. The molecule has 0 saturated carbocycles. The smallest absolute Gasteiger partial charge is 0.336 e. The van der Waals surface area contributed by atoms with Crippen LogP contribution < -0.4 is 5.56 Å². The van der Waals surface area contributed by atoms with Crippen molar-refractivity contribution in [3.8, 4) is 11.1 Å². The maximum Gasteiger partial charge on any atom is 0.416 e. The van der Waals surface area contributed by atoms with Gasteiger partial charge in [-0.2, -0.15) is 18.2 Å². The largest absolute Gasteiger partial charge is 0.416 e. The first-order chi connectivity index (χ1) is 28.8. The number of carbonyl (C=O) groups is 1. The van der Waals surface area contributed by atoms with Crippen LogP contribution in [0.25, 0.3) is 11.1 Å². The Hall–Kier alpha value is -3.96. The van der Waals surface area contributed by atoms with E-state index in [9.17, 15) is 32.6 Å². The van der Waals surface area contributed by atoms with Gasteiger partial charge in [-0.25, -0.2) is 4.39 Å². The van der Waals surface area contributed by atoms with E-state index in [1.165, 1.54) is 24.3 Å². The molecule has 11 heteroatoms. The van der Waals surface area contributed by atoms with E-state index in [1.54, 1.807) is 0 Å². The summed E-state index contributed by atoms with van der Waals surface area (Å²) in [6.07, 6.45) is -4.78. The summed E-state index contributed by atoms with van der Waals surface area (Å²) in [4.78, 5) is 33.1. The van der Waals surface area contributed by atoms with Gasteiger partial charge in [-0.3, -0.25) is 9.59 Å². The maximum absolute atomic E-state index is 15.0. The molecule has 0 bridgehead atoms. The van der Waals surface area contributed by atoms with E-state index < -0.39 is 133 Å². The number of hydrogen-bond acceptors (Lipinski definition) is 5. The summed E-state index contributed by atoms with van der Waals surface area (Å²) in [6, 6.07) is -3.84. The Morgan fingerprint density at radius 3 is 2.38 bits per heavy atom. The van der Waals surface area contributed by atoms with Gasteiger partial charge >= 0.3 is 6.18 Å². The van der Waals surface area contributed by atoms with E-state index in [-0.39, 0.29) is 39.9 Å². The minimum Gasteiger partial charge on any atom is -0.336 e. The van der Waals surface area contributed by atoms with Crippen LogP contribution in [0, 0.1) is 12.7 Å². The van der Waals surface area contributed by atoms with Crippen molar-refractivity contribution in [3.05, 3.63) is 116 Å². The predicted octanol–water partition coefficient (Wildman–Crippen LogP) is 7.53. The third-order valence-corrected chi connectivity index (χ3v) is 8.34. The summed E-state index contributed by atoms with van der Waals surface area (Å²) >= 11 is 0.804. The highest BCUT2D eigenvalue weighted by molar-refractivity contribution is 7.98. The summed E-state index contributed by atoms with van der Waals surface area (Å²) in [7, 11) is 0. The first-order valence-electron chi connectivity index (χ1n) is 22.2.